The topological polar surface area (TPSA) is 43.6 Å². The minimum absolute atomic E-state index is 0.0721. The van der Waals surface area contributed by atoms with E-state index in [-0.39, 0.29) is 24.2 Å². The molecule has 0 radical (unpaired) electrons. The summed E-state index contributed by atoms with van der Waals surface area (Å²) in [4.78, 5) is 15.1. The standard InChI is InChI=1S/C57H36N4S/c1-3-13-37(14-4-1)42-17-11-18-43(35-42)38-25-27-39(28-26-38)46-21-12-22-50-47-19-7-9-23-51(47)61(54(46)50)45-32-29-41(30-33-45)56-58-55(40-15-5-2-6-16-40)59-57(60-56)44-31-34-49-48-20-8-10-24-52(48)62-53(49)36-44/h1-36H/i7D,9D,19D,23D. The maximum absolute atomic E-state index is 9.26. The second-order valence-electron chi connectivity index (χ2n) is 15.3. The summed E-state index contributed by atoms with van der Waals surface area (Å²) < 4.78 is 40.2. The highest BCUT2D eigenvalue weighted by Gasteiger charge is 2.18. The molecule has 62 heavy (non-hydrogen) atoms. The Morgan fingerprint density at radius 2 is 0.903 bits per heavy atom. The maximum Gasteiger partial charge on any atom is 0.164 e. The number of rotatable bonds is 7. The minimum Gasteiger partial charge on any atom is -0.309 e. The number of fused-ring (bicyclic) bond motifs is 6. The van der Waals surface area contributed by atoms with Crippen LogP contribution in [0.15, 0.2) is 218 Å². The molecule has 0 saturated heterocycles. The van der Waals surface area contributed by atoms with Crippen molar-refractivity contribution in [3.63, 3.8) is 0 Å². The second kappa shape index (κ2) is 14.9. The molecule has 12 aromatic rings. The third-order valence-electron chi connectivity index (χ3n) is 11.6. The molecule has 0 amide bonds. The molecule has 0 unspecified atom stereocenters. The average Bonchev–Trinajstić information content (AvgIpc) is 3.94. The van der Waals surface area contributed by atoms with E-state index >= 15 is 0 Å². The van der Waals surface area contributed by atoms with Crippen LogP contribution in [0.5, 0.6) is 0 Å². The molecule has 0 fully saturated rings. The molecule has 0 aliphatic rings. The Labute approximate surface area is 368 Å². The molecular weight excluding hydrogens is 773 g/mol. The molecular formula is C57H36N4S. The largest absolute Gasteiger partial charge is 0.309 e. The van der Waals surface area contributed by atoms with Crippen molar-refractivity contribution in [2.75, 3.05) is 0 Å². The van der Waals surface area contributed by atoms with Gasteiger partial charge in [-0.25, -0.2) is 15.0 Å². The highest BCUT2D eigenvalue weighted by molar-refractivity contribution is 7.25. The van der Waals surface area contributed by atoms with E-state index in [2.05, 4.69) is 121 Å². The summed E-state index contributed by atoms with van der Waals surface area (Å²) >= 11 is 1.75. The number of para-hydroxylation sites is 2. The van der Waals surface area contributed by atoms with Crippen molar-refractivity contribution in [2.24, 2.45) is 0 Å². The fourth-order valence-electron chi connectivity index (χ4n) is 8.58. The SMILES string of the molecule is [2H]c1c([2H])c([2H])c2c(c1[2H])c1cccc(-c3ccc(-c4cccc(-c5ccccc5)c4)cc3)c1n2-c1ccc(-c2nc(-c3ccccc3)nc(-c3ccc4c(c3)sc3ccccc34)n2)cc1. The Morgan fingerprint density at radius 1 is 0.371 bits per heavy atom. The lowest BCUT2D eigenvalue weighted by Gasteiger charge is -2.13. The number of nitrogens with zero attached hydrogens (tertiary/aromatic N) is 4. The van der Waals surface area contributed by atoms with Crippen LogP contribution in [-0.2, 0) is 0 Å². The monoisotopic (exact) mass is 812 g/mol. The minimum atomic E-state index is -0.281. The van der Waals surface area contributed by atoms with Gasteiger partial charge >= 0.3 is 0 Å². The first-order valence-electron chi connectivity index (χ1n) is 22.5. The fraction of sp³-hybridized carbons (Fsp3) is 0. The van der Waals surface area contributed by atoms with Crippen molar-refractivity contribution in [1.82, 2.24) is 19.5 Å². The van der Waals surface area contributed by atoms with Crippen LogP contribution >= 0.6 is 11.3 Å². The first kappa shape index (κ1) is 31.9. The third-order valence-corrected chi connectivity index (χ3v) is 12.7. The molecule has 3 heterocycles. The van der Waals surface area contributed by atoms with E-state index in [0.29, 0.717) is 28.4 Å². The molecule has 5 heteroatoms. The highest BCUT2D eigenvalue weighted by atomic mass is 32.1. The van der Waals surface area contributed by atoms with Crippen molar-refractivity contribution in [3.8, 4) is 73.2 Å². The van der Waals surface area contributed by atoms with Crippen molar-refractivity contribution >= 4 is 53.3 Å². The zero-order valence-corrected chi connectivity index (χ0v) is 34.0. The van der Waals surface area contributed by atoms with E-state index in [1.54, 1.807) is 11.3 Å². The van der Waals surface area contributed by atoms with Gasteiger partial charge in [-0.1, -0.05) is 170 Å². The summed E-state index contributed by atoms with van der Waals surface area (Å²) in [5.74, 6) is 1.65. The second-order valence-corrected chi connectivity index (χ2v) is 16.4. The normalized spacial score (nSPS) is 12.5. The van der Waals surface area contributed by atoms with Gasteiger partial charge in [0.05, 0.1) is 16.5 Å². The Kier molecular flexibility index (Phi) is 7.67. The number of hydrogen-bond acceptors (Lipinski definition) is 4. The van der Waals surface area contributed by atoms with Crippen LogP contribution in [0.4, 0.5) is 0 Å². The van der Waals surface area contributed by atoms with Crippen LogP contribution in [-0.4, -0.2) is 19.5 Å². The van der Waals surface area contributed by atoms with Crippen LogP contribution in [0.3, 0.4) is 0 Å². The molecule has 290 valence electrons. The van der Waals surface area contributed by atoms with Crippen LogP contribution in [0.25, 0.3) is 115 Å². The molecule has 0 spiro atoms. The van der Waals surface area contributed by atoms with Crippen molar-refractivity contribution < 1.29 is 5.48 Å². The maximum atomic E-state index is 9.26. The summed E-state index contributed by atoms with van der Waals surface area (Å²) in [5.41, 5.74) is 10.8. The van der Waals surface area contributed by atoms with Gasteiger partial charge in [0.1, 0.15) is 0 Å². The Morgan fingerprint density at radius 3 is 1.66 bits per heavy atom. The quantitative estimate of drug-likeness (QED) is 0.161. The van der Waals surface area contributed by atoms with Gasteiger partial charge in [0, 0.05) is 58.9 Å². The lowest BCUT2D eigenvalue weighted by atomic mass is 9.96. The molecule has 0 aliphatic carbocycles. The zero-order chi connectivity index (χ0) is 44.5. The van der Waals surface area contributed by atoms with Gasteiger partial charge in [-0.2, -0.15) is 0 Å². The molecule has 0 aliphatic heterocycles. The lowest BCUT2D eigenvalue weighted by Crippen LogP contribution is -2.00. The summed E-state index contributed by atoms with van der Waals surface area (Å²) in [6.45, 7) is 0. The number of thiophene rings is 1. The lowest BCUT2D eigenvalue weighted by molar-refractivity contribution is 1.07. The van der Waals surface area contributed by atoms with Crippen LogP contribution in [0, 0.1) is 0 Å². The Hall–Kier alpha value is -7.99. The van der Waals surface area contributed by atoms with E-state index in [0.717, 1.165) is 71.4 Å². The molecule has 3 aromatic heterocycles. The van der Waals surface area contributed by atoms with Gasteiger partial charge < -0.3 is 4.57 Å². The van der Waals surface area contributed by atoms with Gasteiger partial charge in [-0.05, 0) is 76.3 Å². The summed E-state index contributed by atoms with van der Waals surface area (Å²) in [6.07, 6.45) is 0. The number of aromatic nitrogens is 4. The van der Waals surface area contributed by atoms with E-state index < -0.39 is 0 Å². The average molecular weight is 813 g/mol. The summed E-state index contributed by atoms with van der Waals surface area (Å²) in [6, 6.07) is 65.3. The van der Waals surface area contributed by atoms with Crippen molar-refractivity contribution in [1.29, 1.82) is 0 Å². The fourth-order valence-corrected chi connectivity index (χ4v) is 9.73. The van der Waals surface area contributed by atoms with Crippen LogP contribution in [0.2, 0.25) is 0 Å². The smallest absolute Gasteiger partial charge is 0.164 e. The number of benzene rings is 9. The summed E-state index contributed by atoms with van der Waals surface area (Å²) in [7, 11) is 0. The van der Waals surface area contributed by atoms with E-state index in [4.69, 9.17) is 19.1 Å². The van der Waals surface area contributed by atoms with Gasteiger partial charge in [0.2, 0.25) is 0 Å². The zero-order valence-electron chi connectivity index (χ0n) is 37.2. The Balaban J connectivity index is 0.989. The molecule has 0 saturated carbocycles. The van der Waals surface area contributed by atoms with E-state index in [9.17, 15) is 1.37 Å². The van der Waals surface area contributed by atoms with Gasteiger partial charge in [0.15, 0.2) is 17.5 Å². The van der Waals surface area contributed by atoms with Gasteiger partial charge in [-0.15, -0.1) is 11.3 Å². The predicted molar refractivity (Wildman–Crippen MR) is 260 cm³/mol. The van der Waals surface area contributed by atoms with Crippen LogP contribution in [0.1, 0.15) is 5.48 Å². The molecule has 0 bridgehead atoms. The molecule has 0 N–H and O–H groups in total. The van der Waals surface area contributed by atoms with Crippen molar-refractivity contribution in [3.05, 3.63) is 218 Å². The Bertz CT molecular complexity index is 3850. The summed E-state index contributed by atoms with van der Waals surface area (Å²) in [5, 5.41) is 3.65. The first-order valence-corrected chi connectivity index (χ1v) is 21.3. The third kappa shape index (κ3) is 6.26. The number of hydrogen-bond donors (Lipinski definition) is 0. The molecule has 9 aromatic carbocycles. The van der Waals surface area contributed by atoms with E-state index in [1.165, 1.54) is 15.5 Å². The van der Waals surface area contributed by atoms with Gasteiger partial charge in [0.25, 0.3) is 0 Å². The molecule has 4 nitrogen and oxygen atoms in total. The molecule has 0 atom stereocenters. The van der Waals surface area contributed by atoms with Crippen molar-refractivity contribution in [2.45, 2.75) is 0 Å². The van der Waals surface area contributed by atoms with E-state index in [1.807, 2.05) is 77.4 Å². The van der Waals surface area contributed by atoms with Crippen LogP contribution < -0.4 is 0 Å². The molecule has 12 rings (SSSR count). The highest BCUT2D eigenvalue weighted by Crippen LogP contribution is 2.40. The van der Waals surface area contributed by atoms with Gasteiger partial charge in [-0.3, -0.25) is 0 Å². The first-order chi connectivity index (χ1) is 32.4. The predicted octanol–water partition coefficient (Wildman–Crippen LogP) is 15.3.